The van der Waals surface area contributed by atoms with Gasteiger partial charge in [0.15, 0.2) is 0 Å². The molecule has 0 aromatic heterocycles. The lowest BCUT2D eigenvalue weighted by molar-refractivity contribution is -0.131. The third-order valence-electron chi connectivity index (χ3n) is 2.62. The average molecular weight is 295 g/mol. The number of hydrogen-bond acceptors (Lipinski definition) is 3. The van der Waals surface area contributed by atoms with E-state index in [0.717, 1.165) is 21.6 Å². The molecule has 5 heteroatoms. The maximum absolute atomic E-state index is 10.9. The Hall–Kier alpha value is -1.62. The number of benzene rings is 1. The quantitative estimate of drug-likeness (QED) is 0.811. The van der Waals surface area contributed by atoms with Gasteiger partial charge >= 0.3 is 5.97 Å². The predicted molar refractivity (Wildman–Crippen MR) is 70.3 cm³/mol. The molecule has 0 amide bonds. The number of aliphatic carboxylic acids is 1. The molecule has 1 aliphatic heterocycles. The Morgan fingerprint density at radius 2 is 2.24 bits per heavy atom. The standard InChI is InChI=1S/C12H11BrN2O2/c1-7-14-10-4-3-8(13)5-9(10)11(15(7)2)6-12(16)17/h3-6H,1-2H3,(H,16,17). The van der Waals surface area contributed by atoms with Gasteiger partial charge in [-0.05, 0) is 25.1 Å². The number of carboxylic acid groups (broad SMARTS) is 1. The minimum absolute atomic E-state index is 0.640. The molecule has 0 radical (unpaired) electrons. The number of aliphatic imine (C=N–C) groups is 1. The van der Waals surface area contributed by atoms with Crippen LogP contribution in [0.3, 0.4) is 0 Å². The van der Waals surface area contributed by atoms with E-state index in [1.807, 2.05) is 25.1 Å². The fourth-order valence-electron chi connectivity index (χ4n) is 1.71. The van der Waals surface area contributed by atoms with E-state index in [0.29, 0.717) is 5.70 Å². The van der Waals surface area contributed by atoms with Crippen LogP contribution < -0.4 is 0 Å². The normalized spacial score (nSPS) is 16.8. The van der Waals surface area contributed by atoms with Crippen molar-refractivity contribution < 1.29 is 9.90 Å². The van der Waals surface area contributed by atoms with Crippen LogP contribution >= 0.6 is 15.9 Å². The third kappa shape index (κ3) is 2.24. The SMILES string of the molecule is CC1=Nc2ccc(Br)cc2C(=CC(=O)O)N1C. The van der Waals surface area contributed by atoms with Crippen LogP contribution in [0.15, 0.2) is 33.7 Å². The van der Waals surface area contributed by atoms with E-state index >= 15 is 0 Å². The van der Waals surface area contributed by atoms with E-state index in [1.54, 1.807) is 11.9 Å². The number of carbonyl (C=O) groups is 1. The molecule has 0 atom stereocenters. The first kappa shape index (κ1) is 11.9. The summed E-state index contributed by atoms with van der Waals surface area (Å²) in [5.74, 6) is -0.195. The van der Waals surface area contributed by atoms with Crippen molar-refractivity contribution in [2.45, 2.75) is 6.92 Å². The summed E-state index contributed by atoms with van der Waals surface area (Å²) in [4.78, 5) is 17.0. The second-order valence-electron chi connectivity index (χ2n) is 3.75. The van der Waals surface area contributed by atoms with Gasteiger partial charge in [0.25, 0.3) is 0 Å². The van der Waals surface area contributed by atoms with Crippen molar-refractivity contribution >= 4 is 39.1 Å². The summed E-state index contributed by atoms with van der Waals surface area (Å²) in [5, 5.41) is 8.91. The lowest BCUT2D eigenvalue weighted by Crippen LogP contribution is -2.26. The fraction of sp³-hybridized carbons (Fsp3) is 0.167. The maximum Gasteiger partial charge on any atom is 0.330 e. The van der Waals surface area contributed by atoms with Crippen LogP contribution in [0.2, 0.25) is 0 Å². The Bertz CT molecular complexity index is 549. The molecular weight excluding hydrogens is 284 g/mol. The summed E-state index contributed by atoms with van der Waals surface area (Å²) in [6.07, 6.45) is 1.20. The topological polar surface area (TPSA) is 52.9 Å². The van der Waals surface area contributed by atoms with E-state index in [9.17, 15) is 4.79 Å². The average Bonchev–Trinajstić information content (AvgIpc) is 2.25. The molecule has 0 bridgehead atoms. The zero-order chi connectivity index (χ0) is 12.6. The van der Waals surface area contributed by atoms with Crippen LogP contribution in [-0.2, 0) is 4.79 Å². The van der Waals surface area contributed by atoms with Gasteiger partial charge in [-0.15, -0.1) is 0 Å². The molecule has 0 fully saturated rings. The summed E-state index contributed by atoms with van der Waals surface area (Å²) in [7, 11) is 1.80. The van der Waals surface area contributed by atoms with E-state index in [-0.39, 0.29) is 0 Å². The summed E-state index contributed by atoms with van der Waals surface area (Å²) >= 11 is 3.38. The zero-order valence-electron chi connectivity index (χ0n) is 9.44. The molecule has 1 aliphatic rings. The first-order chi connectivity index (χ1) is 7.99. The molecule has 1 aromatic rings. The predicted octanol–water partition coefficient (Wildman–Crippen LogP) is 2.87. The molecule has 1 aromatic carbocycles. The van der Waals surface area contributed by atoms with E-state index < -0.39 is 5.97 Å². The molecular formula is C12H11BrN2O2. The van der Waals surface area contributed by atoms with Crippen LogP contribution in [0.5, 0.6) is 0 Å². The summed E-state index contributed by atoms with van der Waals surface area (Å²) in [6, 6.07) is 5.63. The highest BCUT2D eigenvalue weighted by Crippen LogP contribution is 2.35. The van der Waals surface area contributed by atoms with Gasteiger partial charge in [0.05, 0.1) is 11.4 Å². The molecule has 4 nitrogen and oxygen atoms in total. The van der Waals surface area contributed by atoms with E-state index in [4.69, 9.17) is 5.11 Å². The number of fused-ring (bicyclic) bond motifs is 1. The highest BCUT2D eigenvalue weighted by Gasteiger charge is 2.20. The highest BCUT2D eigenvalue weighted by atomic mass is 79.9. The summed E-state index contributed by atoms with van der Waals surface area (Å²) < 4.78 is 0.899. The molecule has 1 heterocycles. The van der Waals surface area contributed by atoms with E-state index in [2.05, 4.69) is 20.9 Å². The van der Waals surface area contributed by atoms with Crippen molar-refractivity contribution in [1.82, 2.24) is 4.90 Å². The van der Waals surface area contributed by atoms with Crippen LogP contribution in [0.1, 0.15) is 12.5 Å². The number of nitrogens with zero attached hydrogens (tertiary/aromatic N) is 2. The van der Waals surface area contributed by atoms with Crippen molar-refractivity contribution in [3.05, 3.63) is 34.3 Å². The van der Waals surface area contributed by atoms with E-state index in [1.165, 1.54) is 6.08 Å². The van der Waals surface area contributed by atoms with Gasteiger partial charge in [0, 0.05) is 23.2 Å². The van der Waals surface area contributed by atoms with Crippen LogP contribution in [0.4, 0.5) is 5.69 Å². The molecule has 0 unspecified atom stereocenters. The van der Waals surface area contributed by atoms with Crippen molar-refractivity contribution in [2.24, 2.45) is 4.99 Å². The van der Waals surface area contributed by atoms with Gasteiger partial charge in [-0.25, -0.2) is 9.79 Å². The first-order valence-corrected chi connectivity index (χ1v) is 5.82. The smallest absolute Gasteiger partial charge is 0.330 e. The highest BCUT2D eigenvalue weighted by molar-refractivity contribution is 9.10. The van der Waals surface area contributed by atoms with Gasteiger partial charge in [0.1, 0.15) is 5.84 Å². The minimum atomic E-state index is -0.965. The van der Waals surface area contributed by atoms with Crippen molar-refractivity contribution in [1.29, 1.82) is 0 Å². The third-order valence-corrected chi connectivity index (χ3v) is 3.12. The van der Waals surface area contributed by atoms with Gasteiger partial charge in [-0.3, -0.25) is 0 Å². The lowest BCUT2D eigenvalue weighted by Gasteiger charge is -2.27. The Kier molecular flexibility index (Phi) is 3.02. The maximum atomic E-state index is 10.9. The molecule has 88 valence electrons. The molecule has 2 rings (SSSR count). The van der Waals surface area contributed by atoms with Gasteiger partial charge in [0.2, 0.25) is 0 Å². The second kappa shape index (κ2) is 4.33. The van der Waals surface area contributed by atoms with Gasteiger partial charge in [-0.1, -0.05) is 15.9 Å². The largest absolute Gasteiger partial charge is 0.478 e. The van der Waals surface area contributed by atoms with Crippen molar-refractivity contribution in [2.75, 3.05) is 7.05 Å². The summed E-state index contributed by atoms with van der Waals surface area (Å²) in [6.45, 7) is 1.85. The molecule has 1 N–H and O–H groups in total. The van der Waals surface area contributed by atoms with Gasteiger partial charge < -0.3 is 10.0 Å². The number of hydrogen-bond donors (Lipinski definition) is 1. The Balaban J connectivity index is 2.66. The molecule has 0 saturated carbocycles. The Labute approximate surface area is 107 Å². The Morgan fingerprint density at radius 3 is 2.88 bits per heavy atom. The first-order valence-electron chi connectivity index (χ1n) is 5.02. The Morgan fingerprint density at radius 1 is 1.53 bits per heavy atom. The monoisotopic (exact) mass is 294 g/mol. The molecule has 0 saturated heterocycles. The van der Waals surface area contributed by atoms with Gasteiger partial charge in [-0.2, -0.15) is 0 Å². The van der Waals surface area contributed by atoms with Crippen molar-refractivity contribution in [3.63, 3.8) is 0 Å². The van der Waals surface area contributed by atoms with Crippen LogP contribution in [-0.4, -0.2) is 28.9 Å². The second-order valence-corrected chi connectivity index (χ2v) is 4.66. The number of rotatable bonds is 1. The number of halogens is 1. The fourth-order valence-corrected chi connectivity index (χ4v) is 2.07. The minimum Gasteiger partial charge on any atom is -0.478 e. The van der Waals surface area contributed by atoms with Crippen LogP contribution in [0, 0.1) is 0 Å². The van der Waals surface area contributed by atoms with Crippen molar-refractivity contribution in [3.8, 4) is 0 Å². The zero-order valence-corrected chi connectivity index (χ0v) is 11.0. The number of carboxylic acids is 1. The number of amidine groups is 1. The van der Waals surface area contributed by atoms with Crippen LogP contribution in [0.25, 0.3) is 5.70 Å². The molecule has 0 spiro atoms. The molecule has 0 aliphatic carbocycles. The lowest BCUT2D eigenvalue weighted by atomic mass is 10.1. The summed E-state index contributed by atoms with van der Waals surface area (Å²) in [5.41, 5.74) is 2.24. The molecule has 17 heavy (non-hydrogen) atoms.